The van der Waals surface area contributed by atoms with E-state index in [0.29, 0.717) is 10.2 Å². The standard InChI is InChI=1S/C13H17BrN4O.C8H10N2O.C5H6BrIN2/c1-2-17-8-11(13(14)16-17)12(19)10-5-15-18(7-10)6-9-3-4-9;11-6-8-3-9-10(5-8)4-7-1-2-7;1-2-9-3-4(7)5(6)8-9/h5,7-9,12,19H,2-4,6H2,1H3;3,5-7H,1-2,4H2;3H,2H2,1H3. The van der Waals surface area contributed by atoms with Crippen molar-refractivity contribution in [3.05, 3.63) is 66.6 Å². The van der Waals surface area contributed by atoms with E-state index in [1.165, 1.54) is 25.7 Å². The summed E-state index contributed by atoms with van der Waals surface area (Å²) in [5, 5.41) is 27.2. The Morgan fingerprint density at radius 1 is 0.897 bits per heavy atom. The Bertz CT molecular complexity index is 1340. The summed E-state index contributed by atoms with van der Waals surface area (Å²) in [7, 11) is 0. The SMILES string of the molecule is CCn1cc(C(O)c2cnn(CC3CC3)c2)c(Br)n1.CCn1cc(I)c(Br)n1.O=Cc1cnn(CC2CC2)c1. The molecule has 39 heavy (non-hydrogen) atoms. The van der Waals surface area contributed by atoms with Gasteiger partial charge in [0, 0.05) is 62.1 Å². The van der Waals surface area contributed by atoms with E-state index < -0.39 is 6.10 Å². The second kappa shape index (κ2) is 14.2. The average Bonchev–Trinajstić information content (AvgIpc) is 3.72. The monoisotopic (exact) mass is 774 g/mol. The quantitative estimate of drug-likeness (QED) is 0.172. The summed E-state index contributed by atoms with van der Waals surface area (Å²) < 4.78 is 10.3. The molecule has 0 saturated heterocycles. The molecular formula is C26H33Br2IN8O2. The van der Waals surface area contributed by atoms with Gasteiger partial charge in [0.25, 0.3) is 0 Å². The number of carbonyl (C=O) groups excluding carboxylic acids is 1. The van der Waals surface area contributed by atoms with Crippen molar-refractivity contribution >= 4 is 60.7 Å². The first-order valence-electron chi connectivity index (χ1n) is 13.1. The highest BCUT2D eigenvalue weighted by atomic mass is 127. The maximum atomic E-state index is 10.4. The highest BCUT2D eigenvalue weighted by molar-refractivity contribution is 14.1. The van der Waals surface area contributed by atoms with Crippen molar-refractivity contribution in [1.29, 1.82) is 0 Å². The van der Waals surface area contributed by atoms with E-state index in [4.69, 9.17) is 0 Å². The van der Waals surface area contributed by atoms with Crippen molar-refractivity contribution < 1.29 is 9.90 Å². The van der Waals surface area contributed by atoms with E-state index in [1.54, 1.807) is 23.3 Å². The van der Waals surface area contributed by atoms with Gasteiger partial charge in [-0.3, -0.25) is 23.5 Å². The van der Waals surface area contributed by atoms with Gasteiger partial charge < -0.3 is 5.11 Å². The number of carbonyl (C=O) groups is 1. The lowest BCUT2D eigenvalue weighted by Gasteiger charge is -2.05. The highest BCUT2D eigenvalue weighted by Crippen LogP contribution is 2.32. The predicted molar refractivity (Wildman–Crippen MR) is 163 cm³/mol. The van der Waals surface area contributed by atoms with E-state index >= 15 is 0 Å². The molecule has 0 aliphatic heterocycles. The molecule has 0 spiro atoms. The van der Waals surface area contributed by atoms with Crippen LogP contribution in [0.3, 0.4) is 0 Å². The van der Waals surface area contributed by atoms with Crippen molar-refractivity contribution in [3.8, 4) is 0 Å². The van der Waals surface area contributed by atoms with Gasteiger partial charge in [0.15, 0.2) is 6.29 Å². The third-order valence-electron chi connectivity index (χ3n) is 6.40. The first-order valence-corrected chi connectivity index (χ1v) is 15.7. The lowest BCUT2D eigenvalue weighted by atomic mass is 10.1. The summed E-state index contributed by atoms with van der Waals surface area (Å²) in [5.74, 6) is 1.59. The molecular weight excluding hydrogens is 743 g/mol. The van der Waals surface area contributed by atoms with Crippen molar-refractivity contribution in [2.75, 3.05) is 0 Å². The fourth-order valence-corrected chi connectivity index (χ4v) is 5.02. The zero-order valence-electron chi connectivity index (χ0n) is 22.0. The average molecular weight is 776 g/mol. The summed E-state index contributed by atoms with van der Waals surface area (Å²) in [5.41, 5.74) is 2.27. The van der Waals surface area contributed by atoms with Crippen LogP contribution in [-0.2, 0) is 26.2 Å². The Labute approximate surface area is 258 Å². The van der Waals surface area contributed by atoms with Gasteiger partial charge in [-0.15, -0.1) is 0 Å². The van der Waals surface area contributed by atoms with Crippen molar-refractivity contribution in [2.45, 2.75) is 71.8 Å². The number of aldehydes is 1. The Morgan fingerprint density at radius 2 is 1.46 bits per heavy atom. The van der Waals surface area contributed by atoms with Gasteiger partial charge in [-0.25, -0.2) is 0 Å². The van der Waals surface area contributed by atoms with Crippen LogP contribution in [0.15, 0.2) is 46.4 Å². The maximum absolute atomic E-state index is 10.4. The molecule has 0 aromatic carbocycles. The van der Waals surface area contributed by atoms with Crippen LogP contribution in [0.4, 0.5) is 0 Å². The topological polar surface area (TPSA) is 109 Å². The van der Waals surface area contributed by atoms with E-state index in [9.17, 15) is 9.90 Å². The van der Waals surface area contributed by atoms with Crippen molar-refractivity contribution in [1.82, 2.24) is 39.1 Å². The van der Waals surface area contributed by atoms with Gasteiger partial charge in [0.05, 0.1) is 21.5 Å². The fraction of sp³-hybridized carbons (Fsp3) is 0.500. The smallest absolute Gasteiger partial charge is 0.153 e. The first kappa shape index (κ1) is 30.1. The number of hydrogen-bond donors (Lipinski definition) is 1. The van der Waals surface area contributed by atoms with E-state index in [0.717, 1.165) is 63.6 Å². The molecule has 4 heterocycles. The molecule has 4 aromatic rings. The zero-order chi connectivity index (χ0) is 27.9. The zero-order valence-corrected chi connectivity index (χ0v) is 27.3. The second-order valence-electron chi connectivity index (χ2n) is 9.75. The minimum Gasteiger partial charge on any atom is -0.383 e. The molecule has 0 bridgehead atoms. The molecule has 4 aromatic heterocycles. The summed E-state index contributed by atoms with van der Waals surface area (Å²) in [6, 6.07) is 0. The molecule has 1 N–H and O–H groups in total. The second-order valence-corrected chi connectivity index (χ2v) is 12.4. The minimum atomic E-state index is -0.678. The van der Waals surface area contributed by atoms with Gasteiger partial charge in [-0.2, -0.15) is 20.4 Å². The van der Waals surface area contributed by atoms with E-state index in [1.807, 2.05) is 39.6 Å². The molecule has 2 aliphatic carbocycles. The third-order valence-corrected chi connectivity index (χ3v) is 9.14. The lowest BCUT2D eigenvalue weighted by Crippen LogP contribution is -2.01. The van der Waals surface area contributed by atoms with Crippen molar-refractivity contribution in [3.63, 3.8) is 0 Å². The van der Waals surface area contributed by atoms with E-state index in [-0.39, 0.29) is 0 Å². The number of aliphatic hydroxyl groups excluding tert-OH is 1. The Morgan fingerprint density at radius 3 is 1.92 bits per heavy atom. The Balaban J connectivity index is 0.000000149. The predicted octanol–water partition coefficient (Wildman–Crippen LogP) is 5.73. The number of aromatic nitrogens is 8. The highest BCUT2D eigenvalue weighted by Gasteiger charge is 2.24. The molecule has 2 saturated carbocycles. The van der Waals surface area contributed by atoms with Crippen LogP contribution in [0, 0.1) is 15.4 Å². The van der Waals surface area contributed by atoms with Crippen LogP contribution >= 0.6 is 54.5 Å². The number of halogens is 3. The third kappa shape index (κ3) is 9.08. The Kier molecular flexibility index (Phi) is 10.9. The first-order chi connectivity index (χ1) is 18.8. The van der Waals surface area contributed by atoms with Gasteiger partial charge in [0.2, 0.25) is 0 Å². The number of rotatable bonds is 9. The molecule has 0 amide bonds. The molecule has 6 rings (SSSR count). The van der Waals surface area contributed by atoms with Gasteiger partial charge in [0.1, 0.15) is 15.3 Å². The number of nitrogens with zero attached hydrogens (tertiary/aromatic N) is 8. The normalized spacial score (nSPS) is 15.2. The summed E-state index contributed by atoms with van der Waals surface area (Å²) in [6.45, 7) is 7.74. The molecule has 1 unspecified atom stereocenters. The molecule has 10 nitrogen and oxygen atoms in total. The van der Waals surface area contributed by atoms with Gasteiger partial charge in [-0.05, 0) is 106 Å². The van der Waals surface area contributed by atoms with Crippen LogP contribution < -0.4 is 0 Å². The number of aliphatic hydroxyl groups is 1. The van der Waals surface area contributed by atoms with Crippen LogP contribution in [0.5, 0.6) is 0 Å². The maximum Gasteiger partial charge on any atom is 0.153 e. The van der Waals surface area contributed by atoms with Crippen LogP contribution in [0.1, 0.15) is 67.1 Å². The molecule has 2 fully saturated rings. The van der Waals surface area contributed by atoms with Crippen molar-refractivity contribution in [2.24, 2.45) is 11.8 Å². The fourth-order valence-electron chi connectivity index (χ4n) is 3.76. The number of aryl methyl sites for hydroxylation is 2. The minimum absolute atomic E-state index is 0.672. The van der Waals surface area contributed by atoms with Crippen LogP contribution in [0.2, 0.25) is 0 Å². The number of hydrogen-bond acceptors (Lipinski definition) is 6. The summed E-state index contributed by atoms with van der Waals surface area (Å²) in [4.78, 5) is 10.3. The van der Waals surface area contributed by atoms with Crippen LogP contribution in [-0.4, -0.2) is 50.5 Å². The molecule has 1 atom stereocenters. The lowest BCUT2D eigenvalue weighted by molar-refractivity contribution is 0.112. The van der Waals surface area contributed by atoms with E-state index in [2.05, 4.69) is 81.8 Å². The van der Waals surface area contributed by atoms with Gasteiger partial charge >= 0.3 is 0 Å². The molecule has 0 radical (unpaired) electrons. The summed E-state index contributed by atoms with van der Waals surface area (Å²) >= 11 is 8.95. The largest absolute Gasteiger partial charge is 0.383 e. The van der Waals surface area contributed by atoms with Crippen LogP contribution in [0.25, 0.3) is 0 Å². The molecule has 2 aliphatic rings. The molecule has 13 heteroatoms. The summed E-state index contributed by atoms with van der Waals surface area (Å²) in [6.07, 6.45) is 16.3. The molecule has 210 valence electrons. The Hall–Kier alpha value is -1.84. The van der Waals surface area contributed by atoms with Gasteiger partial charge in [-0.1, -0.05) is 0 Å².